The van der Waals surface area contributed by atoms with Gasteiger partial charge in [-0.15, -0.1) is 0 Å². The fourth-order valence-corrected chi connectivity index (χ4v) is 6.34. The third kappa shape index (κ3) is 8.53. The summed E-state index contributed by atoms with van der Waals surface area (Å²) in [6.07, 6.45) is 4.43. The second-order valence-electron chi connectivity index (χ2n) is 12.5. The van der Waals surface area contributed by atoms with Crippen LogP contribution < -0.4 is 14.4 Å². The Balaban J connectivity index is 1.23. The summed E-state index contributed by atoms with van der Waals surface area (Å²) >= 11 is 0. The van der Waals surface area contributed by atoms with Crippen LogP contribution in [0.25, 0.3) is 23.3 Å². The predicted molar refractivity (Wildman–Crippen MR) is 219 cm³/mol. The van der Waals surface area contributed by atoms with Crippen molar-refractivity contribution >= 4 is 46.3 Å². The van der Waals surface area contributed by atoms with Crippen molar-refractivity contribution in [1.82, 2.24) is 0 Å². The van der Waals surface area contributed by atoms with Crippen LogP contribution in [0.2, 0.25) is 0 Å². The lowest BCUT2D eigenvalue weighted by molar-refractivity contribution is -0.131. The summed E-state index contributed by atoms with van der Waals surface area (Å²) in [7, 11) is 1.67. The van der Waals surface area contributed by atoms with E-state index in [1.165, 1.54) is 23.6 Å². The topological polar surface area (TPSA) is 38.8 Å². The summed E-state index contributed by atoms with van der Waals surface area (Å²) in [4.78, 5) is 13.8. The van der Waals surface area contributed by atoms with Gasteiger partial charge in [-0.05, 0) is 117 Å². The number of methoxy groups -OCH3 is 1. The van der Waals surface area contributed by atoms with Crippen molar-refractivity contribution in [2.75, 3.05) is 12.0 Å². The lowest BCUT2D eigenvalue weighted by Crippen LogP contribution is -2.09. The zero-order valence-electron chi connectivity index (χ0n) is 29.7. The molecule has 0 aliphatic heterocycles. The first kappa shape index (κ1) is 34.5. The molecule has 0 aromatic heterocycles. The number of para-hydroxylation sites is 1. The summed E-state index contributed by atoms with van der Waals surface area (Å²) in [5.41, 5.74) is 11.9. The molecule has 7 rings (SSSR count). The molecular weight excluding hydrogens is 651 g/mol. The smallest absolute Gasteiger partial charge is 0.308 e. The van der Waals surface area contributed by atoms with Gasteiger partial charge < -0.3 is 14.4 Å². The number of nitrogens with zero attached hydrogens (tertiary/aromatic N) is 1. The summed E-state index contributed by atoms with van der Waals surface area (Å²) in [5, 5.41) is 0. The van der Waals surface area contributed by atoms with Crippen molar-refractivity contribution in [3.05, 3.63) is 221 Å². The Labute approximate surface area is 311 Å². The van der Waals surface area contributed by atoms with Crippen LogP contribution in [0.5, 0.6) is 11.5 Å². The number of ether oxygens (including phenoxy) is 2. The molecule has 0 radical (unpaired) electrons. The van der Waals surface area contributed by atoms with Crippen LogP contribution in [0.15, 0.2) is 188 Å². The van der Waals surface area contributed by atoms with E-state index in [-0.39, 0.29) is 5.97 Å². The highest BCUT2D eigenvalue weighted by molar-refractivity contribution is 5.93. The third-order valence-electron chi connectivity index (χ3n) is 8.94. The minimum atomic E-state index is -0.346. The second-order valence-corrected chi connectivity index (χ2v) is 12.5. The molecule has 0 unspecified atom stereocenters. The third-order valence-corrected chi connectivity index (χ3v) is 8.94. The highest BCUT2D eigenvalue weighted by atomic mass is 16.5. The molecule has 7 aromatic carbocycles. The minimum Gasteiger partial charge on any atom is -0.497 e. The van der Waals surface area contributed by atoms with Gasteiger partial charge in [0.05, 0.1) is 7.11 Å². The number of carbonyl (C=O) groups excluding carboxylic acids is 1. The summed E-state index contributed by atoms with van der Waals surface area (Å²) in [6.45, 7) is 1.40. The average molecular weight is 690 g/mol. The Morgan fingerprint density at radius 2 is 0.792 bits per heavy atom. The molecular formula is C49H39NO3. The van der Waals surface area contributed by atoms with Gasteiger partial charge in [-0.25, -0.2) is 0 Å². The van der Waals surface area contributed by atoms with Gasteiger partial charge >= 0.3 is 5.97 Å². The number of hydrogen-bond acceptors (Lipinski definition) is 4. The first-order chi connectivity index (χ1) is 26.0. The van der Waals surface area contributed by atoms with Gasteiger partial charge in [0.15, 0.2) is 0 Å². The fraction of sp³-hybridized carbons (Fsp3) is 0.0408. The van der Waals surface area contributed by atoms with Crippen LogP contribution in [-0.2, 0) is 4.79 Å². The molecule has 53 heavy (non-hydrogen) atoms. The number of anilines is 3. The zero-order chi connectivity index (χ0) is 36.4. The zero-order valence-corrected chi connectivity index (χ0v) is 29.7. The van der Waals surface area contributed by atoms with Gasteiger partial charge in [0.2, 0.25) is 0 Å². The SMILES string of the molecule is COc1ccc(C(=Cc2ccc(N(c3ccccc3)c3ccc(C=C(c4ccccc4)c4ccccc4)cc3)cc2)c2ccc(OC(C)=O)cc2)cc1. The molecule has 0 heterocycles. The van der Waals surface area contributed by atoms with Gasteiger partial charge in [-0.3, -0.25) is 4.79 Å². The standard InChI is InChI=1S/C49H39NO3/c1-36(51)53-47-32-24-42(25-33-47)49(41-22-30-46(52-2)31-23-41)35-38-20-28-45(29-21-38)50(43-16-10-5-11-17-43)44-26-18-37(19-27-44)34-48(39-12-6-3-7-13-39)40-14-8-4-9-15-40/h3-35H,1-2H3. The van der Waals surface area contributed by atoms with E-state index in [0.29, 0.717) is 5.75 Å². The van der Waals surface area contributed by atoms with Crippen molar-refractivity contribution in [3.8, 4) is 11.5 Å². The summed E-state index contributed by atoms with van der Waals surface area (Å²) in [6, 6.07) is 64.4. The van der Waals surface area contributed by atoms with E-state index < -0.39 is 0 Å². The first-order valence-electron chi connectivity index (χ1n) is 17.6. The second kappa shape index (κ2) is 16.4. The molecule has 0 saturated carbocycles. The van der Waals surface area contributed by atoms with Crippen LogP contribution in [-0.4, -0.2) is 13.1 Å². The molecule has 0 bridgehead atoms. The first-order valence-corrected chi connectivity index (χ1v) is 17.6. The molecule has 7 aromatic rings. The predicted octanol–water partition coefficient (Wildman–Crippen LogP) is 12.3. The van der Waals surface area contributed by atoms with Crippen molar-refractivity contribution in [2.45, 2.75) is 6.92 Å². The molecule has 4 heteroatoms. The maximum Gasteiger partial charge on any atom is 0.308 e. The van der Waals surface area contributed by atoms with E-state index in [2.05, 4.69) is 163 Å². The number of esters is 1. The summed E-state index contributed by atoms with van der Waals surface area (Å²) < 4.78 is 10.7. The molecule has 4 nitrogen and oxygen atoms in total. The lowest BCUT2D eigenvalue weighted by atomic mass is 9.95. The van der Waals surface area contributed by atoms with Crippen LogP contribution in [0.3, 0.4) is 0 Å². The quantitative estimate of drug-likeness (QED) is 0.0770. The Morgan fingerprint density at radius 1 is 0.434 bits per heavy atom. The van der Waals surface area contributed by atoms with E-state index in [1.54, 1.807) is 7.11 Å². The Hall–Kier alpha value is -6.91. The van der Waals surface area contributed by atoms with E-state index in [1.807, 2.05) is 42.5 Å². The van der Waals surface area contributed by atoms with Gasteiger partial charge in [-0.2, -0.15) is 0 Å². The molecule has 0 spiro atoms. The van der Waals surface area contributed by atoms with E-state index in [4.69, 9.17) is 9.47 Å². The van der Waals surface area contributed by atoms with Crippen molar-refractivity contribution in [3.63, 3.8) is 0 Å². The Morgan fingerprint density at radius 3 is 1.19 bits per heavy atom. The highest BCUT2D eigenvalue weighted by Crippen LogP contribution is 2.36. The Kier molecular flexibility index (Phi) is 10.7. The molecule has 0 aliphatic carbocycles. The highest BCUT2D eigenvalue weighted by Gasteiger charge is 2.14. The average Bonchev–Trinajstić information content (AvgIpc) is 3.21. The maximum absolute atomic E-state index is 11.5. The molecule has 0 aliphatic rings. The monoisotopic (exact) mass is 689 g/mol. The Bertz CT molecular complexity index is 2270. The largest absolute Gasteiger partial charge is 0.497 e. The van der Waals surface area contributed by atoms with Crippen LogP contribution in [0, 0.1) is 0 Å². The van der Waals surface area contributed by atoms with E-state index in [0.717, 1.165) is 50.6 Å². The molecule has 0 atom stereocenters. The van der Waals surface area contributed by atoms with E-state index >= 15 is 0 Å². The van der Waals surface area contributed by atoms with Gasteiger partial charge in [0.25, 0.3) is 0 Å². The molecule has 0 fully saturated rings. The van der Waals surface area contributed by atoms with Crippen LogP contribution in [0.4, 0.5) is 17.1 Å². The molecule has 0 N–H and O–H groups in total. The number of rotatable bonds is 11. The van der Waals surface area contributed by atoms with Crippen molar-refractivity contribution in [1.29, 1.82) is 0 Å². The molecule has 0 saturated heterocycles. The number of carbonyl (C=O) groups is 1. The van der Waals surface area contributed by atoms with E-state index in [9.17, 15) is 4.79 Å². The molecule has 258 valence electrons. The van der Waals surface area contributed by atoms with Gasteiger partial charge in [0.1, 0.15) is 11.5 Å². The van der Waals surface area contributed by atoms with Crippen molar-refractivity contribution in [2.24, 2.45) is 0 Å². The van der Waals surface area contributed by atoms with Crippen LogP contribution >= 0.6 is 0 Å². The summed E-state index contributed by atoms with van der Waals surface area (Å²) in [5.74, 6) is 0.958. The maximum atomic E-state index is 11.5. The van der Waals surface area contributed by atoms with Gasteiger partial charge in [-0.1, -0.05) is 127 Å². The lowest BCUT2D eigenvalue weighted by Gasteiger charge is -2.25. The van der Waals surface area contributed by atoms with Crippen molar-refractivity contribution < 1.29 is 14.3 Å². The number of benzene rings is 7. The van der Waals surface area contributed by atoms with Gasteiger partial charge in [0, 0.05) is 24.0 Å². The van der Waals surface area contributed by atoms with Crippen LogP contribution in [0.1, 0.15) is 40.3 Å². The minimum absolute atomic E-state index is 0.346. The normalized spacial score (nSPS) is 11.0. The fourth-order valence-electron chi connectivity index (χ4n) is 6.34. The molecule has 0 amide bonds. The number of hydrogen-bond donors (Lipinski definition) is 0.